The van der Waals surface area contributed by atoms with E-state index in [0.717, 1.165) is 26.2 Å². The van der Waals surface area contributed by atoms with Crippen molar-refractivity contribution in [3.05, 3.63) is 53.4 Å². The molecule has 0 bridgehead atoms. The smallest absolute Gasteiger partial charge is 0.417 e. The number of nitrogens with one attached hydrogen (secondary N) is 1. The summed E-state index contributed by atoms with van der Waals surface area (Å²) in [4.78, 5) is 46.6. The zero-order valence-electron chi connectivity index (χ0n) is 26.1. The first-order valence-corrected chi connectivity index (χ1v) is 14.6. The van der Waals surface area contributed by atoms with Gasteiger partial charge < -0.3 is 24.4 Å². The molecule has 1 spiro atoms. The van der Waals surface area contributed by atoms with Gasteiger partial charge in [0.25, 0.3) is 11.8 Å². The summed E-state index contributed by atoms with van der Waals surface area (Å²) in [5.41, 5.74) is -4.19. The van der Waals surface area contributed by atoms with Crippen molar-refractivity contribution < 1.29 is 50.5 Å². The summed E-state index contributed by atoms with van der Waals surface area (Å²) in [5.74, 6) is -7.62. The number of pyridine rings is 1. The zero-order valence-corrected chi connectivity index (χ0v) is 26.1. The minimum Gasteiger partial charge on any atom is -0.493 e. The lowest BCUT2D eigenvalue weighted by atomic mass is 9.77. The van der Waals surface area contributed by atoms with Gasteiger partial charge in [0, 0.05) is 48.9 Å². The molecule has 1 N–H and O–H groups in total. The van der Waals surface area contributed by atoms with Crippen LogP contribution in [0.15, 0.2) is 30.5 Å². The number of nitrogens with zero attached hydrogens (tertiary/aromatic N) is 3. The predicted octanol–water partition coefficient (Wildman–Crippen LogP) is 5.28. The van der Waals surface area contributed by atoms with Crippen LogP contribution in [-0.4, -0.2) is 88.5 Å². The van der Waals surface area contributed by atoms with Crippen LogP contribution in [0.25, 0.3) is 0 Å². The third kappa shape index (κ3) is 5.62. The molecule has 4 heterocycles. The number of amides is 3. The quantitative estimate of drug-likeness (QED) is 0.437. The van der Waals surface area contributed by atoms with Crippen LogP contribution in [0.5, 0.6) is 5.75 Å². The molecule has 250 valence electrons. The molecule has 3 saturated heterocycles. The number of likely N-dealkylation sites (tertiary alicyclic amines) is 2. The largest absolute Gasteiger partial charge is 0.493 e. The maximum absolute atomic E-state index is 14.6. The summed E-state index contributed by atoms with van der Waals surface area (Å²) in [5, 5.41) is 2.49. The molecular formula is C31H35F5N4O6. The summed E-state index contributed by atoms with van der Waals surface area (Å²) >= 11 is 0. The Morgan fingerprint density at radius 2 is 1.78 bits per heavy atom. The molecule has 5 rings (SSSR count). The third-order valence-electron chi connectivity index (χ3n) is 9.06. The molecule has 1 aromatic heterocycles. The van der Waals surface area contributed by atoms with Crippen LogP contribution >= 0.6 is 0 Å². The molecule has 3 amide bonds. The average molecular weight is 655 g/mol. The lowest BCUT2D eigenvalue weighted by molar-refractivity contribution is -0.272. The Kier molecular flexibility index (Phi) is 8.23. The number of ether oxygens (including phenoxy) is 3. The van der Waals surface area contributed by atoms with Crippen molar-refractivity contribution in [2.24, 2.45) is 5.92 Å². The Morgan fingerprint density at radius 1 is 1.11 bits per heavy atom. The van der Waals surface area contributed by atoms with Gasteiger partial charge in [-0.1, -0.05) is 13.0 Å². The molecule has 3 fully saturated rings. The van der Waals surface area contributed by atoms with E-state index in [1.807, 2.05) is 0 Å². The van der Waals surface area contributed by atoms with Crippen molar-refractivity contribution in [3.63, 3.8) is 0 Å². The number of carbonyl (C=O) groups excluding carboxylic acids is 3. The van der Waals surface area contributed by atoms with Crippen molar-refractivity contribution in [2.45, 2.75) is 76.0 Å². The Labute approximate surface area is 262 Å². The van der Waals surface area contributed by atoms with Crippen molar-refractivity contribution in [1.29, 1.82) is 0 Å². The van der Waals surface area contributed by atoms with Crippen LogP contribution in [0.4, 0.5) is 32.4 Å². The minimum absolute atomic E-state index is 0.0459. The lowest BCUT2D eigenvalue weighted by Gasteiger charge is -2.61. The zero-order chi connectivity index (χ0) is 34.0. The van der Waals surface area contributed by atoms with Gasteiger partial charge >= 0.3 is 12.3 Å². The van der Waals surface area contributed by atoms with Gasteiger partial charge in [-0.15, -0.1) is 0 Å². The molecule has 3 aliphatic heterocycles. The highest BCUT2D eigenvalue weighted by atomic mass is 19.4. The fraction of sp³-hybridized carbons (Fsp3) is 0.548. The van der Waals surface area contributed by atoms with Gasteiger partial charge in [0.15, 0.2) is 17.2 Å². The highest BCUT2D eigenvalue weighted by molar-refractivity contribution is 5.98. The van der Waals surface area contributed by atoms with Crippen molar-refractivity contribution in [2.75, 3.05) is 32.1 Å². The summed E-state index contributed by atoms with van der Waals surface area (Å²) in [6.07, 6.45) is -5.24. The molecule has 3 aliphatic rings. The van der Waals surface area contributed by atoms with E-state index in [-0.39, 0.29) is 30.0 Å². The third-order valence-corrected chi connectivity index (χ3v) is 9.06. The second kappa shape index (κ2) is 11.4. The van der Waals surface area contributed by atoms with Gasteiger partial charge in [-0.25, -0.2) is 9.18 Å². The molecule has 15 heteroatoms. The maximum Gasteiger partial charge on any atom is 0.417 e. The van der Waals surface area contributed by atoms with Gasteiger partial charge in [0.05, 0.1) is 12.6 Å². The first kappa shape index (κ1) is 33.4. The summed E-state index contributed by atoms with van der Waals surface area (Å²) in [6.45, 7) is 8.30. The Balaban J connectivity index is 1.34. The van der Waals surface area contributed by atoms with E-state index < -0.39 is 76.1 Å². The van der Waals surface area contributed by atoms with Gasteiger partial charge in [0.2, 0.25) is 5.82 Å². The van der Waals surface area contributed by atoms with E-state index in [9.17, 15) is 36.3 Å². The topological polar surface area (TPSA) is 110 Å². The van der Waals surface area contributed by atoms with Gasteiger partial charge in [-0.05, 0) is 52.3 Å². The molecule has 0 saturated carbocycles. The number of anilines is 1. The van der Waals surface area contributed by atoms with Crippen LogP contribution in [0.2, 0.25) is 0 Å². The first-order valence-electron chi connectivity index (χ1n) is 14.6. The van der Waals surface area contributed by atoms with Crippen LogP contribution in [0, 0.1) is 17.6 Å². The number of rotatable bonds is 5. The average Bonchev–Trinajstić information content (AvgIpc) is 3.19. The van der Waals surface area contributed by atoms with E-state index in [4.69, 9.17) is 14.2 Å². The lowest BCUT2D eigenvalue weighted by Crippen LogP contribution is -2.78. The number of alkyl halides is 3. The van der Waals surface area contributed by atoms with E-state index in [0.29, 0.717) is 13.0 Å². The van der Waals surface area contributed by atoms with Crippen molar-refractivity contribution >= 4 is 23.6 Å². The SMILES string of the molecule is COc1c([C@H]2[C@H](C(=O)Nc3ccnc(C(=O)N4CC5(CCN5C(=O)OC(C)(C)C)C4)c3)O[C@@](C)(C(F)(F)F)[C@H]2C)ccc(F)c1F. The number of hydrogen-bond acceptors (Lipinski definition) is 7. The van der Waals surface area contributed by atoms with Crippen LogP contribution in [-0.2, 0) is 14.3 Å². The standard InChI is InChI=1S/C31H35F5N4O6/c1-16-21(18-7-8-19(32)22(33)23(18)44-6)24(45-29(16,5)31(34,35)36)25(41)38-17-9-11-37-20(13-17)26(42)39-14-30(15-39)10-12-40(30)27(43)46-28(2,3)4/h7-9,11,13,16,21,24H,10,12,14-15H2,1-6H3,(H,37,38,41)/t16-,21-,24+,29+/m0/s1. The maximum atomic E-state index is 14.6. The minimum atomic E-state index is -4.92. The number of carbonyl (C=O) groups is 3. The number of methoxy groups -OCH3 is 1. The Bertz CT molecular complexity index is 1560. The van der Waals surface area contributed by atoms with Crippen LogP contribution in [0.3, 0.4) is 0 Å². The fourth-order valence-corrected chi connectivity index (χ4v) is 6.32. The molecule has 1 aromatic carbocycles. The van der Waals surface area contributed by atoms with E-state index >= 15 is 0 Å². The number of benzene rings is 1. The van der Waals surface area contributed by atoms with Gasteiger partial charge in [-0.3, -0.25) is 19.5 Å². The molecule has 4 atom stereocenters. The molecule has 10 nitrogen and oxygen atoms in total. The summed E-state index contributed by atoms with van der Waals surface area (Å²) in [6, 6.07) is 4.43. The fourth-order valence-electron chi connectivity index (χ4n) is 6.32. The number of aromatic nitrogens is 1. The molecule has 0 aliphatic carbocycles. The van der Waals surface area contributed by atoms with Crippen LogP contribution in [0.1, 0.15) is 63.0 Å². The summed E-state index contributed by atoms with van der Waals surface area (Å²) in [7, 11) is 1.04. The van der Waals surface area contributed by atoms with E-state index in [2.05, 4.69) is 10.3 Å². The molecule has 0 radical (unpaired) electrons. The van der Waals surface area contributed by atoms with Crippen molar-refractivity contribution in [3.8, 4) is 5.75 Å². The first-order chi connectivity index (χ1) is 21.3. The number of halogens is 5. The molecule has 46 heavy (non-hydrogen) atoms. The Morgan fingerprint density at radius 3 is 2.35 bits per heavy atom. The second-order valence-corrected chi connectivity index (χ2v) is 13.1. The number of hydrogen-bond donors (Lipinski definition) is 1. The summed E-state index contributed by atoms with van der Waals surface area (Å²) < 4.78 is 87.2. The normalized spacial score (nSPS) is 25.5. The van der Waals surface area contributed by atoms with E-state index in [1.54, 1.807) is 25.7 Å². The molecule has 2 aromatic rings. The molecule has 0 unspecified atom stereocenters. The van der Waals surface area contributed by atoms with Crippen molar-refractivity contribution in [1.82, 2.24) is 14.8 Å². The van der Waals surface area contributed by atoms with Gasteiger partial charge in [-0.2, -0.15) is 17.6 Å². The second-order valence-electron chi connectivity index (χ2n) is 13.1. The monoisotopic (exact) mass is 654 g/mol. The van der Waals surface area contributed by atoms with Gasteiger partial charge in [0.1, 0.15) is 17.4 Å². The van der Waals surface area contributed by atoms with Crippen LogP contribution < -0.4 is 10.1 Å². The Hall–Kier alpha value is -4.01. The van der Waals surface area contributed by atoms with E-state index in [1.165, 1.54) is 30.2 Å². The molecular weight excluding hydrogens is 619 g/mol. The predicted molar refractivity (Wildman–Crippen MR) is 153 cm³/mol. The highest BCUT2D eigenvalue weighted by Crippen LogP contribution is 2.55. The highest BCUT2D eigenvalue weighted by Gasteiger charge is 2.66.